The highest BCUT2D eigenvalue weighted by Gasteiger charge is 2.24. The van der Waals surface area contributed by atoms with Gasteiger partial charge in [0, 0.05) is 26.9 Å². The molecule has 1 atom stereocenters. The highest BCUT2D eigenvalue weighted by molar-refractivity contribution is 7.80. The summed E-state index contributed by atoms with van der Waals surface area (Å²) < 4.78 is 10.8. The zero-order chi connectivity index (χ0) is 27.9. The number of amides is 1. The molecule has 4 aromatic carbocycles. The van der Waals surface area contributed by atoms with Crippen LogP contribution in [-0.4, -0.2) is 25.0 Å². The molecule has 8 heteroatoms. The number of carbonyl (C=O) groups is 2. The van der Waals surface area contributed by atoms with Crippen LogP contribution in [0, 0.1) is 6.92 Å². The third-order valence-corrected chi connectivity index (χ3v) is 7.43. The van der Waals surface area contributed by atoms with E-state index in [9.17, 15) is 9.59 Å². The second kappa shape index (κ2) is 13.1. The van der Waals surface area contributed by atoms with E-state index in [2.05, 4.69) is 17.9 Å². The maximum absolute atomic E-state index is 13.2. The molecule has 200 valence electrons. The van der Waals surface area contributed by atoms with Gasteiger partial charge in [0.05, 0.1) is 12.7 Å². The highest BCUT2D eigenvalue weighted by atomic mass is 35.5. The molecule has 4 rings (SSSR count). The Kier molecular flexibility index (Phi) is 9.57. The molecule has 1 amide bonds. The van der Waals surface area contributed by atoms with E-state index in [1.807, 2.05) is 49.4 Å². The lowest BCUT2D eigenvalue weighted by atomic mass is 10.0. The van der Waals surface area contributed by atoms with Crippen LogP contribution in [0.2, 0.25) is 10.0 Å². The fraction of sp³-hybridized carbons (Fsp3) is 0.161. The normalized spacial score (nSPS) is 11.5. The van der Waals surface area contributed by atoms with E-state index in [0.29, 0.717) is 31.8 Å². The number of thiol groups is 1. The fourth-order valence-corrected chi connectivity index (χ4v) is 4.93. The van der Waals surface area contributed by atoms with Gasteiger partial charge in [-0.25, -0.2) is 4.79 Å². The van der Waals surface area contributed by atoms with Crippen LogP contribution in [0.4, 0.5) is 0 Å². The lowest BCUT2D eigenvalue weighted by Crippen LogP contribution is -2.43. The Bertz CT molecular complexity index is 1450. The number of carbonyl (C=O) groups excluding carboxylic acids is 2. The summed E-state index contributed by atoms with van der Waals surface area (Å²) >= 11 is 17.1. The number of ether oxygens (including phenoxy) is 2. The van der Waals surface area contributed by atoms with Crippen molar-refractivity contribution in [2.24, 2.45) is 0 Å². The Morgan fingerprint density at radius 3 is 2.18 bits per heavy atom. The van der Waals surface area contributed by atoms with Crippen molar-refractivity contribution < 1.29 is 19.1 Å². The molecule has 0 heterocycles. The maximum atomic E-state index is 13.2. The quantitative estimate of drug-likeness (QED) is 0.161. The Balaban J connectivity index is 1.46. The van der Waals surface area contributed by atoms with E-state index >= 15 is 0 Å². The van der Waals surface area contributed by atoms with Gasteiger partial charge in [0.2, 0.25) is 0 Å². The number of hydrogen-bond acceptors (Lipinski definition) is 5. The van der Waals surface area contributed by atoms with Gasteiger partial charge in [-0.1, -0.05) is 83.4 Å². The molecule has 0 spiro atoms. The average Bonchev–Trinajstić information content (AvgIpc) is 2.93. The van der Waals surface area contributed by atoms with Crippen LogP contribution in [0.25, 0.3) is 11.1 Å². The Morgan fingerprint density at radius 1 is 0.897 bits per heavy atom. The molecule has 0 saturated heterocycles. The third-order valence-electron chi connectivity index (χ3n) is 6.24. The Labute approximate surface area is 243 Å². The molecule has 0 aromatic heterocycles. The predicted molar refractivity (Wildman–Crippen MR) is 158 cm³/mol. The van der Waals surface area contributed by atoms with E-state index in [1.54, 1.807) is 42.5 Å². The van der Waals surface area contributed by atoms with Crippen molar-refractivity contribution in [3.8, 4) is 16.9 Å². The molecule has 0 aliphatic rings. The van der Waals surface area contributed by atoms with Gasteiger partial charge in [-0.05, 0) is 53.9 Å². The van der Waals surface area contributed by atoms with E-state index in [-0.39, 0.29) is 13.0 Å². The van der Waals surface area contributed by atoms with Gasteiger partial charge >= 0.3 is 5.97 Å². The Morgan fingerprint density at radius 2 is 1.54 bits per heavy atom. The molecule has 0 aliphatic carbocycles. The number of methoxy groups -OCH3 is 1. The second-order valence-corrected chi connectivity index (χ2v) is 10.2. The molecular weight excluding hydrogens is 553 g/mol. The number of hydrogen-bond donors (Lipinski definition) is 2. The number of rotatable bonds is 9. The van der Waals surface area contributed by atoms with Gasteiger partial charge in [-0.15, -0.1) is 12.6 Å². The van der Waals surface area contributed by atoms with Crippen molar-refractivity contribution >= 4 is 47.7 Å². The lowest BCUT2D eigenvalue weighted by molar-refractivity contribution is -0.142. The zero-order valence-electron chi connectivity index (χ0n) is 21.4. The van der Waals surface area contributed by atoms with Crippen molar-refractivity contribution in [2.75, 3.05) is 7.11 Å². The fourth-order valence-electron chi connectivity index (χ4n) is 4.05. The van der Waals surface area contributed by atoms with Crippen LogP contribution in [0.3, 0.4) is 0 Å². The first-order valence-corrected chi connectivity index (χ1v) is 13.4. The summed E-state index contributed by atoms with van der Waals surface area (Å²) in [4.78, 5) is 26.3. The van der Waals surface area contributed by atoms with Crippen LogP contribution in [0.5, 0.6) is 5.75 Å². The van der Waals surface area contributed by atoms with Crippen LogP contribution in [0.15, 0.2) is 89.8 Å². The van der Waals surface area contributed by atoms with Crippen molar-refractivity contribution in [3.05, 3.63) is 117 Å². The van der Waals surface area contributed by atoms with Crippen molar-refractivity contribution in [1.82, 2.24) is 5.32 Å². The second-order valence-electron chi connectivity index (χ2n) is 8.95. The first-order valence-electron chi connectivity index (χ1n) is 12.2. The standard InChI is InChI=1S/C31H27Cl2NO4S/c1-19-9-13-21(14-10-19)23-5-3-6-24(29(23)39)30(35)34-28(31(36)37-2)17-20-11-15-22(16-12-20)38-18-25-26(32)7-4-8-27(25)33/h3-16,28,39H,17-18H2,1-2H3,(H,34,35)/t28-/m0/s1. The first-order chi connectivity index (χ1) is 18.8. The molecule has 0 aliphatic heterocycles. The minimum atomic E-state index is -0.896. The molecule has 0 saturated carbocycles. The summed E-state index contributed by atoms with van der Waals surface area (Å²) in [7, 11) is 1.29. The Hall–Kier alpha value is -3.45. The van der Waals surface area contributed by atoms with Crippen molar-refractivity contribution in [3.63, 3.8) is 0 Å². The van der Waals surface area contributed by atoms with Crippen molar-refractivity contribution in [2.45, 2.75) is 30.9 Å². The highest BCUT2D eigenvalue weighted by Crippen LogP contribution is 2.30. The summed E-state index contributed by atoms with van der Waals surface area (Å²) in [5, 5.41) is 3.88. The molecule has 0 fully saturated rings. The van der Waals surface area contributed by atoms with Gasteiger partial charge in [0.1, 0.15) is 18.4 Å². The summed E-state index contributed by atoms with van der Waals surface area (Å²) in [5.41, 5.74) is 4.80. The van der Waals surface area contributed by atoms with Crippen LogP contribution in [0.1, 0.15) is 27.0 Å². The number of esters is 1. The molecule has 0 radical (unpaired) electrons. The molecule has 0 unspecified atom stereocenters. The van der Waals surface area contributed by atoms with Gasteiger partial charge in [0.15, 0.2) is 0 Å². The SMILES string of the molecule is COC(=O)[C@H](Cc1ccc(OCc2c(Cl)cccc2Cl)cc1)NC(=O)c1cccc(-c2ccc(C)cc2)c1S. The van der Waals surface area contributed by atoms with E-state index in [4.69, 9.17) is 32.7 Å². The molecular formula is C31H27Cl2NO4S. The molecule has 4 aromatic rings. The molecule has 0 bridgehead atoms. The zero-order valence-corrected chi connectivity index (χ0v) is 23.8. The predicted octanol–water partition coefficient (Wildman–Crippen LogP) is 7.35. The number of benzene rings is 4. The number of aryl methyl sites for hydroxylation is 1. The minimum Gasteiger partial charge on any atom is -0.489 e. The van der Waals surface area contributed by atoms with Crippen LogP contribution < -0.4 is 10.1 Å². The summed E-state index contributed by atoms with van der Waals surface area (Å²) in [5.74, 6) is -0.352. The molecule has 1 N–H and O–H groups in total. The topological polar surface area (TPSA) is 64.6 Å². The minimum absolute atomic E-state index is 0.215. The maximum Gasteiger partial charge on any atom is 0.328 e. The molecule has 5 nitrogen and oxygen atoms in total. The summed E-state index contributed by atoms with van der Waals surface area (Å²) in [6.45, 7) is 2.23. The van der Waals surface area contributed by atoms with E-state index in [1.165, 1.54) is 7.11 Å². The smallest absolute Gasteiger partial charge is 0.328 e. The first kappa shape index (κ1) is 28.6. The summed E-state index contributed by atoms with van der Waals surface area (Å²) in [6.07, 6.45) is 0.231. The van der Waals surface area contributed by atoms with Crippen LogP contribution in [-0.2, 0) is 22.6 Å². The largest absolute Gasteiger partial charge is 0.489 e. The van der Waals surface area contributed by atoms with Gasteiger partial charge < -0.3 is 14.8 Å². The number of nitrogens with one attached hydrogen (secondary N) is 1. The average molecular weight is 581 g/mol. The van der Waals surface area contributed by atoms with Gasteiger partial charge in [-0.2, -0.15) is 0 Å². The van der Waals surface area contributed by atoms with Crippen molar-refractivity contribution in [1.29, 1.82) is 0 Å². The van der Waals surface area contributed by atoms with Gasteiger partial charge in [0.25, 0.3) is 5.91 Å². The van der Waals surface area contributed by atoms with Crippen LogP contribution >= 0.6 is 35.8 Å². The van der Waals surface area contributed by atoms with Gasteiger partial charge in [-0.3, -0.25) is 4.79 Å². The lowest BCUT2D eigenvalue weighted by Gasteiger charge is -2.18. The third kappa shape index (κ3) is 7.15. The summed E-state index contributed by atoms with van der Waals surface area (Å²) in [6, 6.07) is 25.0. The molecule has 39 heavy (non-hydrogen) atoms. The number of halogens is 2. The van der Waals surface area contributed by atoms with E-state index < -0.39 is 17.9 Å². The monoisotopic (exact) mass is 579 g/mol. The van der Waals surface area contributed by atoms with E-state index in [0.717, 1.165) is 22.3 Å².